The molecule has 1 N–H and O–H groups in total. The van der Waals surface area contributed by atoms with Crippen LogP contribution in [0.5, 0.6) is 0 Å². The molecule has 0 radical (unpaired) electrons. The number of alkyl halides is 3. The molecule has 2 heterocycles. The number of halogens is 3. The van der Waals surface area contributed by atoms with Crippen LogP contribution in [0.4, 0.5) is 13.2 Å². The molecule has 2 aromatic heterocycles. The summed E-state index contributed by atoms with van der Waals surface area (Å²) in [5.41, 5.74) is 4.33. The molecule has 0 unspecified atom stereocenters. The number of nitrogens with zero attached hydrogens (tertiary/aromatic N) is 3. The average molecular weight is 420 g/mol. The van der Waals surface area contributed by atoms with Crippen LogP contribution in [-0.4, -0.2) is 20.1 Å². The van der Waals surface area contributed by atoms with E-state index in [9.17, 15) is 13.2 Å². The van der Waals surface area contributed by atoms with Crippen LogP contribution in [0.15, 0.2) is 71.3 Å². The SMILES string of the molecule is Cc1ccc2nc(-c3ccc(-c4noc(-c5ccc(C(F)(F)F)cc5)n4)cc3)[nH]c2c1. The standard InChI is InChI=1S/C23H15F3N4O/c1-13-2-11-18-19(12-13)28-20(27-18)14-3-5-15(6-4-14)21-29-22(31-30-21)16-7-9-17(10-8-16)23(24,25)26/h2-12H,1H3,(H,27,28). The van der Waals surface area contributed by atoms with Gasteiger partial charge in [-0.1, -0.05) is 35.5 Å². The third kappa shape index (κ3) is 3.68. The van der Waals surface area contributed by atoms with Crippen molar-refractivity contribution in [1.82, 2.24) is 20.1 Å². The van der Waals surface area contributed by atoms with Gasteiger partial charge in [0, 0.05) is 16.7 Å². The number of aryl methyl sites for hydroxylation is 1. The summed E-state index contributed by atoms with van der Waals surface area (Å²) in [5.74, 6) is 1.26. The number of hydrogen-bond donors (Lipinski definition) is 1. The number of aromatic nitrogens is 4. The fraction of sp³-hybridized carbons (Fsp3) is 0.0870. The quantitative estimate of drug-likeness (QED) is 0.373. The second kappa shape index (κ2) is 7.09. The van der Waals surface area contributed by atoms with Crippen molar-refractivity contribution in [2.24, 2.45) is 0 Å². The molecule has 8 heteroatoms. The number of imidazole rings is 1. The van der Waals surface area contributed by atoms with Crippen molar-refractivity contribution in [3.05, 3.63) is 77.9 Å². The van der Waals surface area contributed by atoms with E-state index in [1.54, 1.807) is 0 Å². The van der Waals surface area contributed by atoms with Crippen LogP contribution in [0.2, 0.25) is 0 Å². The maximum atomic E-state index is 12.7. The first-order valence-corrected chi connectivity index (χ1v) is 9.45. The number of H-pyrrole nitrogens is 1. The van der Waals surface area contributed by atoms with Crippen LogP contribution in [0.3, 0.4) is 0 Å². The number of hydrogen-bond acceptors (Lipinski definition) is 4. The van der Waals surface area contributed by atoms with Gasteiger partial charge in [-0.25, -0.2) is 4.98 Å². The van der Waals surface area contributed by atoms with Gasteiger partial charge in [-0.15, -0.1) is 0 Å². The van der Waals surface area contributed by atoms with Gasteiger partial charge in [0.1, 0.15) is 5.82 Å². The molecule has 5 nitrogen and oxygen atoms in total. The molecule has 31 heavy (non-hydrogen) atoms. The Morgan fingerprint density at radius 3 is 2.19 bits per heavy atom. The molecule has 5 aromatic rings. The Balaban J connectivity index is 1.39. The summed E-state index contributed by atoms with van der Waals surface area (Å²) >= 11 is 0. The summed E-state index contributed by atoms with van der Waals surface area (Å²) in [4.78, 5) is 12.2. The van der Waals surface area contributed by atoms with Crippen molar-refractivity contribution in [3.8, 4) is 34.2 Å². The Morgan fingerprint density at radius 2 is 1.48 bits per heavy atom. The number of rotatable bonds is 3. The van der Waals surface area contributed by atoms with E-state index in [0.29, 0.717) is 11.4 Å². The lowest BCUT2D eigenvalue weighted by Crippen LogP contribution is -2.03. The molecule has 5 rings (SSSR count). The number of nitrogens with one attached hydrogen (secondary N) is 1. The lowest BCUT2D eigenvalue weighted by atomic mass is 10.1. The maximum Gasteiger partial charge on any atom is 0.416 e. The Kier molecular flexibility index (Phi) is 4.35. The molecular formula is C23H15F3N4O. The van der Waals surface area contributed by atoms with E-state index in [4.69, 9.17) is 4.52 Å². The van der Waals surface area contributed by atoms with E-state index >= 15 is 0 Å². The van der Waals surface area contributed by atoms with Gasteiger partial charge in [0.15, 0.2) is 0 Å². The third-order valence-electron chi connectivity index (χ3n) is 4.94. The molecule has 0 saturated carbocycles. The predicted octanol–water partition coefficient (Wildman–Crippen LogP) is 6.27. The van der Waals surface area contributed by atoms with E-state index in [2.05, 4.69) is 20.1 Å². The second-order valence-electron chi connectivity index (χ2n) is 7.18. The number of fused-ring (bicyclic) bond motifs is 1. The summed E-state index contributed by atoms with van der Waals surface area (Å²) in [6.45, 7) is 2.03. The van der Waals surface area contributed by atoms with E-state index in [1.807, 2.05) is 49.4 Å². The van der Waals surface area contributed by atoms with Gasteiger partial charge in [-0.05, 0) is 48.9 Å². The van der Waals surface area contributed by atoms with Crippen molar-refractivity contribution in [2.75, 3.05) is 0 Å². The summed E-state index contributed by atoms with van der Waals surface area (Å²) < 4.78 is 43.4. The Hall–Kier alpha value is -3.94. The molecule has 0 bridgehead atoms. The molecule has 0 aliphatic rings. The van der Waals surface area contributed by atoms with Crippen LogP contribution < -0.4 is 0 Å². The Bertz CT molecular complexity index is 1370. The highest BCUT2D eigenvalue weighted by molar-refractivity contribution is 5.80. The first kappa shape index (κ1) is 19.0. The van der Waals surface area contributed by atoms with Gasteiger partial charge >= 0.3 is 6.18 Å². The van der Waals surface area contributed by atoms with Gasteiger partial charge in [-0.3, -0.25) is 0 Å². The molecule has 0 atom stereocenters. The molecule has 0 amide bonds. The molecule has 154 valence electrons. The lowest BCUT2D eigenvalue weighted by Gasteiger charge is -2.05. The van der Waals surface area contributed by atoms with Gasteiger partial charge in [0.25, 0.3) is 5.89 Å². The van der Waals surface area contributed by atoms with Gasteiger partial charge in [0.05, 0.1) is 16.6 Å². The first-order chi connectivity index (χ1) is 14.9. The maximum absolute atomic E-state index is 12.7. The van der Waals surface area contributed by atoms with Crippen LogP contribution in [0, 0.1) is 6.92 Å². The minimum Gasteiger partial charge on any atom is -0.338 e. The van der Waals surface area contributed by atoms with Crippen LogP contribution >= 0.6 is 0 Å². The minimum atomic E-state index is -4.39. The fourth-order valence-electron chi connectivity index (χ4n) is 3.30. The monoisotopic (exact) mass is 420 g/mol. The van der Waals surface area contributed by atoms with E-state index in [-0.39, 0.29) is 5.89 Å². The van der Waals surface area contributed by atoms with Crippen LogP contribution in [0.25, 0.3) is 45.3 Å². The fourth-order valence-corrected chi connectivity index (χ4v) is 3.30. The first-order valence-electron chi connectivity index (χ1n) is 9.45. The van der Waals surface area contributed by atoms with Gasteiger partial charge < -0.3 is 9.51 Å². The predicted molar refractivity (Wildman–Crippen MR) is 110 cm³/mol. The smallest absolute Gasteiger partial charge is 0.338 e. The Morgan fingerprint density at radius 1 is 0.806 bits per heavy atom. The number of aromatic amines is 1. The summed E-state index contributed by atoms with van der Waals surface area (Å²) in [7, 11) is 0. The molecule has 0 aliphatic heterocycles. The zero-order chi connectivity index (χ0) is 21.6. The highest BCUT2D eigenvalue weighted by Gasteiger charge is 2.30. The largest absolute Gasteiger partial charge is 0.416 e. The molecule has 3 aromatic carbocycles. The second-order valence-corrected chi connectivity index (χ2v) is 7.18. The topological polar surface area (TPSA) is 67.6 Å². The van der Waals surface area contributed by atoms with Crippen LogP contribution in [-0.2, 0) is 6.18 Å². The normalized spacial score (nSPS) is 11.9. The molecular weight excluding hydrogens is 405 g/mol. The van der Waals surface area contributed by atoms with Crippen molar-refractivity contribution in [3.63, 3.8) is 0 Å². The summed E-state index contributed by atoms with van der Waals surface area (Å²) in [5, 5.41) is 3.95. The van der Waals surface area contributed by atoms with Crippen molar-refractivity contribution < 1.29 is 17.7 Å². The van der Waals surface area contributed by atoms with Crippen LogP contribution in [0.1, 0.15) is 11.1 Å². The molecule has 0 fully saturated rings. The number of benzene rings is 3. The van der Waals surface area contributed by atoms with Crippen molar-refractivity contribution >= 4 is 11.0 Å². The van der Waals surface area contributed by atoms with Gasteiger partial charge in [0.2, 0.25) is 5.82 Å². The zero-order valence-corrected chi connectivity index (χ0v) is 16.2. The average Bonchev–Trinajstić information content (AvgIpc) is 3.40. The summed E-state index contributed by atoms with van der Waals surface area (Å²) in [6.07, 6.45) is -4.39. The van der Waals surface area contributed by atoms with E-state index < -0.39 is 11.7 Å². The lowest BCUT2D eigenvalue weighted by molar-refractivity contribution is -0.137. The highest BCUT2D eigenvalue weighted by atomic mass is 19.4. The third-order valence-corrected chi connectivity index (χ3v) is 4.94. The molecule has 0 aliphatic carbocycles. The zero-order valence-electron chi connectivity index (χ0n) is 16.2. The molecule has 0 saturated heterocycles. The minimum absolute atomic E-state index is 0.153. The van der Waals surface area contributed by atoms with E-state index in [1.165, 1.54) is 12.1 Å². The Labute approximate surface area is 174 Å². The molecule has 0 spiro atoms. The van der Waals surface area contributed by atoms with Crippen molar-refractivity contribution in [2.45, 2.75) is 13.1 Å². The van der Waals surface area contributed by atoms with Crippen molar-refractivity contribution in [1.29, 1.82) is 0 Å². The summed E-state index contributed by atoms with van der Waals surface area (Å²) in [6, 6.07) is 18.1. The van der Waals surface area contributed by atoms with Gasteiger partial charge in [-0.2, -0.15) is 18.2 Å². The van der Waals surface area contributed by atoms with E-state index in [0.717, 1.165) is 45.7 Å². The highest BCUT2D eigenvalue weighted by Crippen LogP contribution is 2.31.